The SMILES string of the molecule is CC1(C)C(=O)N2CCC[C@@H]1CC2=S. The lowest BCUT2D eigenvalue weighted by Gasteiger charge is -2.40. The van der Waals surface area contributed by atoms with Crippen LogP contribution in [0.1, 0.15) is 33.1 Å². The van der Waals surface area contributed by atoms with E-state index in [4.69, 9.17) is 12.2 Å². The molecule has 0 saturated carbocycles. The van der Waals surface area contributed by atoms with Gasteiger partial charge in [0.15, 0.2) is 0 Å². The van der Waals surface area contributed by atoms with Gasteiger partial charge >= 0.3 is 0 Å². The number of carbonyl (C=O) groups excluding carboxylic acids is 1. The van der Waals surface area contributed by atoms with E-state index in [2.05, 4.69) is 13.8 Å². The number of carbonyl (C=O) groups is 1. The van der Waals surface area contributed by atoms with Crippen molar-refractivity contribution in [1.82, 2.24) is 4.90 Å². The van der Waals surface area contributed by atoms with Crippen LogP contribution in [0.15, 0.2) is 0 Å². The fourth-order valence-electron chi connectivity index (χ4n) is 2.40. The first-order chi connectivity index (χ1) is 6.03. The minimum absolute atomic E-state index is 0.182. The van der Waals surface area contributed by atoms with Crippen molar-refractivity contribution in [1.29, 1.82) is 0 Å². The quantitative estimate of drug-likeness (QED) is 0.553. The van der Waals surface area contributed by atoms with Gasteiger partial charge in [0, 0.05) is 18.4 Å². The van der Waals surface area contributed by atoms with E-state index in [1.165, 1.54) is 0 Å². The van der Waals surface area contributed by atoms with E-state index in [0.717, 1.165) is 30.8 Å². The molecule has 0 N–H and O–H groups in total. The number of piperidine rings is 1. The Morgan fingerprint density at radius 1 is 1.54 bits per heavy atom. The lowest BCUT2D eigenvalue weighted by atomic mass is 9.72. The summed E-state index contributed by atoms with van der Waals surface area (Å²) >= 11 is 5.23. The van der Waals surface area contributed by atoms with Gasteiger partial charge in [0.05, 0.1) is 4.99 Å². The van der Waals surface area contributed by atoms with E-state index < -0.39 is 0 Å². The van der Waals surface area contributed by atoms with Gasteiger partial charge in [-0.25, -0.2) is 0 Å². The molecule has 0 spiro atoms. The molecule has 0 aromatic carbocycles. The summed E-state index contributed by atoms with van der Waals surface area (Å²) in [5, 5.41) is 0. The zero-order valence-electron chi connectivity index (χ0n) is 8.17. The van der Waals surface area contributed by atoms with Crippen LogP contribution in [0.25, 0.3) is 0 Å². The van der Waals surface area contributed by atoms with Gasteiger partial charge in [0.2, 0.25) is 5.91 Å². The molecule has 3 heteroatoms. The number of hydrogen-bond acceptors (Lipinski definition) is 2. The van der Waals surface area contributed by atoms with Gasteiger partial charge in [-0.3, -0.25) is 4.79 Å². The zero-order valence-corrected chi connectivity index (χ0v) is 8.99. The maximum Gasteiger partial charge on any atom is 0.233 e. The number of rotatable bonds is 0. The molecule has 0 radical (unpaired) electrons. The van der Waals surface area contributed by atoms with E-state index in [-0.39, 0.29) is 11.3 Å². The van der Waals surface area contributed by atoms with Gasteiger partial charge in [0.1, 0.15) is 0 Å². The summed E-state index contributed by atoms with van der Waals surface area (Å²) in [6.07, 6.45) is 3.20. The molecule has 3 rings (SSSR count). The molecule has 2 bridgehead atoms. The van der Waals surface area contributed by atoms with E-state index in [9.17, 15) is 4.79 Å². The summed E-state index contributed by atoms with van der Waals surface area (Å²) in [6.45, 7) is 4.96. The predicted molar refractivity (Wildman–Crippen MR) is 55.4 cm³/mol. The van der Waals surface area contributed by atoms with Crippen LogP contribution in [0.2, 0.25) is 0 Å². The molecule has 3 aliphatic heterocycles. The van der Waals surface area contributed by atoms with Crippen LogP contribution < -0.4 is 0 Å². The van der Waals surface area contributed by atoms with Crippen molar-refractivity contribution in [3.63, 3.8) is 0 Å². The highest BCUT2D eigenvalue weighted by molar-refractivity contribution is 7.80. The van der Waals surface area contributed by atoms with Gasteiger partial charge in [-0.05, 0) is 18.8 Å². The maximum atomic E-state index is 12.0. The Morgan fingerprint density at radius 2 is 2.23 bits per heavy atom. The molecule has 72 valence electrons. The Bertz CT molecular complexity index is 272. The summed E-state index contributed by atoms with van der Waals surface area (Å²) in [7, 11) is 0. The summed E-state index contributed by atoms with van der Waals surface area (Å²) in [5.41, 5.74) is -0.182. The molecule has 2 nitrogen and oxygen atoms in total. The van der Waals surface area contributed by atoms with Gasteiger partial charge in [0.25, 0.3) is 0 Å². The molecule has 1 atom stereocenters. The van der Waals surface area contributed by atoms with E-state index in [1.54, 1.807) is 0 Å². The van der Waals surface area contributed by atoms with Crippen LogP contribution in [0.4, 0.5) is 0 Å². The lowest BCUT2D eigenvalue weighted by Crippen LogP contribution is -2.50. The lowest BCUT2D eigenvalue weighted by molar-refractivity contribution is -0.139. The van der Waals surface area contributed by atoms with Crippen molar-refractivity contribution in [2.24, 2.45) is 11.3 Å². The third kappa shape index (κ3) is 1.21. The normalized spacial score (nSPS) is 32.2. The van der Waals surface area contributed by atoms with Crippen LogP contribution in [-0.2, 0) is 4.79 Å². The highest BCUT2D eigenvalue weighted by atomic mass is 32.1. The van der Waals surface area contributed by atoms with Crippen LogP contribution in [0.5, 0.6) is 0 Å². The average Bonchev–Trinajstić information content (AvgIpc) is 2.29. The highest BCUT2D eigenvalue weighted by Gasteiger charge is 2.47. The number of fused-ring (bicyclic) bond motifs is 4. The highest BCUT2D eigenvalue weighted by Crippen LogP contribution is 2.42. The van der Waals surface area contributed by atoms with Crippen molar-refractivity contribution in [2.45, 2.75) is 33.1 Å². The Labute approximate surface area is 84.3 Å². The molecule has 1 amide bonds. The summed E-state index contributed by atoms with van der Waals surface area (Å²) in [5.74, 6) is 0.720. The molecule has 0 aromatic heterocycles. The first-order valence-corrected chi connectivity index (χ1v) is 5.29. The summed E-state index contributed by atoms with van der Waals surface area (Å²) in [6, 6.07) is 0. The van der Waals surface area contributed by atoms with Gasteiger partial charge in [-0.1, -0.05) is 26.1 Å². The molecular formula is C10H15NOS. The molecule has 3 heterocycles. The van der Waals surface area contributed by atoms with Crippen LogP contribution in [0.3, 0.4) is 0 Å². The van der Waals surface area contributed by atoms with Gasteiger partial charge in [-0.15, -0.1) is 0 Å². The van der Waals surface area contributed by atoms with E-state index in [0.29, 0.717) is 5.92 Å². The third-order valence-corrected chi connectivity index (χ3v) is 3.86. The second-order valence-electron chi connectivity index (χ2n) is 4.62. The molecule has 0 aromatic rings. The van der Waals surface area contributed by atoms with Gasteiger partial charge in [-0.2, -0.15) is 0 Å². The van der Waals surface area contributed by atoms with Crippen LogP contribution in [0, 0.1) is 11.3 Å². The molecule has 0 aliphatic carbocycles. The first-order valence-electron chi connectivity index (χ1n) is 4.88. The first kappa shape index (κ1) is 9.13. The Morgan fingerprint density at radius 3 is 2.92 bits per heavy atom. The number of nitrogens with zero attached hydrogens (tertiary/aromatic N) is 1. The van der Waals surface area contributed by atoms with Crippen molar-refractivity contribution in [3.8, 4) is 0 Å². The molecule has 0 unspecified atom stereocenters. The van der Waals surface area contributed by atoms with Crippen LogP contribution in [-0.4, -0.2) is 22.3 Å². The molecular weight excluding hydrogens is 182 g/mol. The Hall–Kier alpha value is -0.440. The minimum atomic E-state index is -0.182. The summed E-state index contributed by atoms with van der Waals surface area (Å²) < 4.78 is 0. The van der Waals surface area contributed by atoms with Crippen molar-refractivity contribution in [3.05, 3.63) is 0 Å². The van der Waals surface area contributed by atoms with E-state index >= 15 is 0 Å². The average molecular weight is 197 g/mol. The summed E-state index contributed by atoms with van der Waals surface area (Å²) in [4.78, 5) is 14.7. The molecule has 3 aliphatic rings. The van der Waals surface area contributed by atoms with Crippen molar-refractivity contribution < 1.29 is 4.79 Å². The van der Waals surface area contributed by atoms with Gasteiger partial charge < -0.3 is 4.90 Å². The smallest absolute Gasteiger partial charge is 0.233 e. The topological polar surface area (TPSA) is 20.3 Å². The zero-order chi connectivity index (χ0) is 9.64. The van der Waals surface area contributed by atoms with Crippen LogP contribution >= 0.6 is 12.2 Å². The van der Waals surface area contributed by atoms with Crippen molar-refractivity contribution in [2.75, 3.05) is 6.54 Å². The fraction of sp³-hybridized carbons (Fsp3) is 0.800. The largest absolute Gasteiger partial charge is 0.306 e. The third-order valence-electron chi connectivity index (χ3n) is 3.47. The Kier molecular flexibility index (Phi) is 1.95. The number of amides is 1. The standard InChI is InChI=1S/C10H15NOS/c1-10(2)7-4-3-5-11(9(10)12)8(13)6-7/h7H,3-6H2,1-2H3/t7-/m1/s1. The Balaban J connectivity index is 2.40. The van der Waals surface area contributed by atoms with E-state index in [1.807, 2.05) is 4.90 Å². The van der Waals surface area contributed by atoms with Crippen molar-refractivity contribution >= 4 is 23.1 Å². The number of hydrogen-bond donors (Lipinski definition) is 0. The molecule has 3 fully saturated rings. The number of thiocarbonyl (C=S) groups is 1. The molecule has 13 heavy (non-hydrogen) atoms. The monoisotopic (exact) mass is 197 g/mol. The predicted octanol–water partition coefficient (Wildman–Crippen LogP) is 1.98. The second kappa shape index (κ2) is 2.77. The fourth-order valence-corrected chi connectivity index (χ4v) is 2.77. The minimum Gasteiger partial charge on any atom is -0.306 e. The second-order valence-corrected chi connectivity index (χ2v) is 5.09. The molecule has 3 saturated heterocycles. The maximum absolute atomic E-state index is 12.0.